The van der Waals surface area contributed by atoms with E-state index in [1.54, 1.807) is 12.1 Å². The summed E-state index contributed by atoms with van der Waals surface area (Å²) in [5, 5.41) is 0. The molecule has 26 heavy (non-hydrogen) atoms. The van der Waals surface area contributed by atoms with Gasteiger partial charge in [0, 0.05) is 13.1 Å². The Morgan fingerprint density at radius 2 is 1.77 bits per heavy atom. The number of unbranched alkanes of at least 4 members (excludes halogenated alkanes) is 1. The van der Waals surface area contributed by atoms with Crippen molar-refractivity contribution in [1.82, 2.24) is 9.97 Å². The lowest BCUT2D eigenvalue weighted by Gasteiger charge is -2.15. The van der Waals surface area contributed by atoms with Crippen LogP contribution in [0, 0.1) is 0 Å². The molecule has 0 spiro atoms. The molecule has 0 saturated carbocycles. The number of benzene rings is 1. The van der Waals surface area contributed by atoms with Crippen molar-refractivity contribution in [2.75, 3.05) is 29.3 Å². The lowest BCUT2D eigenvalue weighted by Crippen LogP contribution is -2.20. The summed E-state index contributed by atoms with van der Waals surface area (Å²) in [6.07, 6.45) is 7.29. The van der Waals surface area contributed by atoms with Crippen molar-refractivity contribution in [3.8, 4) is 5.75 Å². The molecule has 3 rings (SSSR count). The van der Waals surface area contributed by atoms with Gasteiger partial charge in [0.15, 0.2) is 0 Å². The Morgan fingerprint density at radius 1 is 1.12 bits per heavy atom. The third kappa shape index (κ3) is 4.63. The van der Waals surface area contributed by atoms with Crippen molar-refractivity contribution in [3.05, 3.63) is 36.7 Å². The van der Waals surface area contributed by atoms with Crippen LogP contribution in [0.15, 0.2) is 41.6 Å². The molecule has 1 saturated heterocycles. The first-order chi connectivity index (χ1) is 12.6. The Hall–Kier alpha value is -2.35. The number of sulfonamides is 1. The van der Waals surface area contributed by atoms with Gasteiger partial charge in [-0.1, -0.05) is 13.3 Å². The number of hydrogen-bond donors (Lipinski definition) is 1. The Balaban J connectivity index is 1.64. The number of aromatic nitrogens is 2. The van der Waals surface area contributed by atoms with E-state index < -0.39 is 10.0 Å². The van der Waals surface area contributed by atoms with Gasteiger partial charge in [-0.25, -0.2) is 18.4 Å². The van der Waals surface area contributed by atoms with Crippen LogP contribution in [-0.4, -0.2) is 38.1 Å². The third-order valence-corrected chi connectivity index (χ3v) is 5.58. The molecule has 1 aromatic carbocycles. The minimum atomic E-state index is -3.69. The van der Waals surface area contributed by atoms with Crippen LogP contribution in [0.2, 0.25) is 0 Å². The van der Waals surface area contributed by atoms with Gasteiger partial charge in [-0.2, -0.15) is 0 Å². The van der Waals surface area contributed by atoms with Crippen molar-refractivity contribution in [3.63, 3.8) is 0 Å². The van der Waals surface area contributed by atoms with Crippen LogP contribution < -0.4 is 14.4 Å². The van der Waals surface area contributed by atoms with Crippen LogP contribution in [0.3, 0.4) is 0 Å². The van der Waals surface area contributed by atoms with Crippen molar-refractivity contribution in [1.29, 1.82) is 0 Å². The molecule has 0 amide bonds. The molecular formula is C18H24N4O3S. The predicted molar refractivity (Wildman–Crippen MR) is 101 cm³/mol. The summed E-state index contributed by atoms with van der Waals surface area (Å²) in [6, 6.07) is 6.39. The molecule has 1 aliphatic heterocycles. The Morgan fingerprint density at radius 3 is 2.38 bits per heavy atom. The van der Waals surface area contributed by atoms with Gasteiger partial charge in [0.05, 0.1) is 29.6 Å². The number of nitrogens with one attached hydrogen (secondary N) is 1. The fourth-order valence-electron chi connectivity index (χ4n) is 2.72. The standard InChI is InChI=1S/C18H24N4O3S/c1-2-3-12-25-16-6-8-17(9-7-16)26(23,24)21-15-13-19-18(20-14-15)22-10-4-5-11-22/h6-9,13-14,21H,2-5,10-12H2,1H3. The summed E-state index contributed by atoms with van der Waals surface area (Å²) >= 11 is 0. The zero-order valence-electron chi connectivity index (χ0n) is 14.9. The van der Waals surface area contributed by atoms with Gasteiger partial charge in [0.1, 0.15) is 5.75 Å². The van der Waals surface area contributed by atoms with Gasteiger partial charge >= 0.3 is 0 Å². The average molecular weight is 376 g/mol. The molecule has 2 aromatic rings. The number of anilines is 2. The monoisotopic (exact) mass is 376 g/mol. The second-order valence-electron chi connectivity index (χ2n) is 6.24. The van der Waals surface area contributed by atoms with Crippen LogP contribution in [0.4, 0.5) is 11.6 Å². The Kier molecular flexibility index (Phi) is 5.92. The van der Waals surface area contributed by atoms with Crippen LogP contribution in [0.5, 0.6) is 5.75 Å². The Bertz CT molecular complexity index is 801. The van der Waals surface area contributed by atoms with E-state index in [1.165, 1.54) is 24.5 Å². The van der Waals surface area contributed by atoms with Crippen molar-refractivity contribution >= 4 is 21.7 Å². The van der Waals surface area contributed by atoms with Gasteiger partial charge in [0.25, 0.3) is 10.0 Å². The fourth-order valence-corrected chi connectivity index (χ4v) is 3.75. The normalized spacial score (nSPS) is 14.4. The molecule has 140 valence electrons. The molecule has 0 bridgehead atoms. The molecule has 0 atom stereocenters. The molecule has 8 heteroatoms. The number of rotatable bonds is 8. The second-order valence-corrected chi connectivity index (χ2v) is 7.93. The number of ether oxygens (including phenoxy) is 1. The maximum Gasteiger partial charge on any atom is 0.261 e. The molecule has 1 fully saturated rings. The molecular weight excluding hydrogens is 352 g/mol. The maximum absolute atomic E-state index is 12.5. The summed E-state index contributed by atoms with van der Waals surface area (Å²) in [5.74, 6) is 1.30. The zero-order chi connectivity index (χ0) is 18.4. The van der Waals surface area contributed by atoms with E-state index in [0.29, 0.717) is 24.0 Å². The maximum atomic E-state index is 12.5. The van der Waals surface area contributed by atoms with Crippen molar-refractivity contribution < 1.29 is 13.2 Å². The van der Waals surface area contributed by atoms with Gasteiger partial charge in [-0.15, -0.1) is 0 Å². The van der Waals surface area contributed by atoms with Crippen LogP contribution >= 0.6 is 0 Å². The Labute approximate surface area is 154 Å². The highest BCUT2D eigenvalue weighted by atomic mass is 32.2. The van der Waals surface area contributed by atoms with Crippen LogP contribution in [-0.2, 0) is 10.0 Å². The van der Waals surface area contributed by atoms with E-state index in [-0.39, 0.29) is 4.90 Å². The van der Waals surface area contributed by atoms with Crippen molar-refractivity contribution in [2.24, 2.45) is 0 Å². The molecule has 1 aromatic heterocycles. The first-order valence-corrected chi connectivity index (χ1v) is 10.4. The van der Waals surface area contributed by atoms with E-state index >= 15 is 0 Å². The highest BCUT2D eigenvalue weighted by molar-refractivity contribution is 7.92. The largest absolute Gasteiger partial charge is 0.494 e. The molecule has 0 aliphatic carbocycles. The van der Waals surface area contributed by atoms with Gasteiger partial charge in [-0.3, -0.25) is 4.72 Å². The molecule has 1 aliphatic rings. The zero-order valence-corrected chi connectivity index (χ0v) is 15.7. The SMILES string of the molecule is CCCCOc1ccc(S(=O)(=O)Nc2cnc(N3CCCC3)nc2)cc1. The summed E-state index contributed by atoms with van der Waals surface area (Å²) in [7, 11) is -3.69. The second kappa shape index (κ2) is 8.35. The highest BCUT2D eigenvalue weighted by Crippen LogP contribution is 2.20. The minimum absolute atomic E-state index is 0.170. The summed E-state index contributed by atoms with van der Waals surface area (Å²) in [4.78, 5) is 10.8. The molecule has 2 heterocycles. The molecule has 0 radical (unpaired) electrons. The quantitative estimate of drug-likeness (QED) is 0.713. The number of nitrogens with zero attached hydrogens (tertiary/aromatic N) is 3. The lowest BCUT2D eigenvalue weighted by atomic mass is 10.3. The van der Waals surface area contributed by atoms with E-state index in [1.807, 2.05) is 0 Å². The predicted octanol–water partition coefficient (Wildman–Crippen LogP) is 3.06. The van der Waals surface area contributed by atoms with E-state index in [4.69, 9.17) is 4.74 Å². The fraction of sp³-hybridized carbons (Fsp3) is 0.444. The van der Waals surface area contributed by atoms with E-state index in [9.17, 15) is 8.42 Å². The molecule has 0 unspecified atom stereocenters. The summed E-state index contributed by atoms with van der Waals surface area (Å²) in [5.41, 5.74) is 0.344. The highest BCUT2D eigenvalue weighted by Gasteiger charge is 2.17. The molecule has 1 N–H and O–H groups in total. The summed E-state index contributed by atoms with van der Waals surface area (Å²) in [6.45, 7) is 4.60. The minimum Gasteiger partial charge on any atom is -0.494 e. The smallest absolute Gasteiger partial charge is 0.261 e. The van der Waals surface area contributed by atoms with Gasteiger partial charge in [0.2, 0.25) is 5.95 Å². The molecule has 7 nitrogen and oxygen atoms in total. The summed E-state index contributed by atoms with van der Waals surface area (Å²) < 4.78 is 33.1. The third-order valence-electron chi connectivity index (χ3n) is 4.18. The number of hydrogen-bond acceptors (Lipinski definition) is 6. The average Bonchev–Trinajstić information content (AvgIpc) is 3.17. The first kappa shape index (κ1) is 18.4. The van der Waals surface area contributed by atoms with Gasteiger partial charge in [-0.05, 0) is 43.5 Å². The first-order valence-electron chi connectivity index (χ1n) is 8.91. The van der Waals surface area contributed by atoms with Gasteiger partial charge < -0.3 is 9.64 Å². The van der Waals surface area contributed by atoms with Crippen LogP contribution in [0.25, 0.3) is 0 Å². The van der Waals surface area contributed by atoms with E-state index in [2.05, 4.69) is 26.5 Å². The van der Waals surface area contributed by atoms with Crippen LogP contribution in [0.1, 0.15) is 32.6 Å². The van der Waals surface area contributed by atoms with E-state index in [0.717, 1.165) is 38.8 Å². The lowest BCUT2D eigenvalue weighted by molar-refractivity contribution is 0.309. The van der Waals surface area contributed by atoms with Crippen molar-refractivity contribution in [2.45, 2.75) is 37.5 Å². The topological polar surface area (TPSA) is 84.4 Å².